The zero-order chi connectivity index (χ0) is 17.9. The topological polar surface area (TPSA) is 64.7 Å². The molecule has 0 atom stereocenters. The van der Waals surface area contributed by atoms with E-state index in [1.54, 1.807) is 6.92 Å². The van der Waals surface area contributed by atoms with Gasteiger partial charge in [-0.3, -0.25) is 0 Å². The number of hydrogen-bond acceptors (Lipinski definition) is 5. The fraction of sp³-hybridized carbons (Fsp3) is 0.286. The van der Waals surface area contributed by atoms with Gasteiger partial charge in [-0.2, -0.15) is 0 Å². The van der Waals surface area contributed by atoms with Crippen molar-refractivity contribution in [1.29, 1.82) is 0 Å². The number of aromatic nitrogens is 1. The Morgan fingerprint density at radius 3 is 2.92 bits per heavy atom. The largest absolute Gasteiger partial charge is 0.360 e. The van der Waals surface area contributed by atoms with Crippen LogP contribution in [0.3, 0.4) is 0 Å². The average Bonchev–Trinajstić information content (AvgIpc) is 3.10. The van der Waals surface area contributed by atoms with Crippen molar-refractivity contribution in [2.75, 3.05) is 0 Å². The molecule has 0 radical (unpaired) electrons. The lowest BCUT2D eigenvalue weighted by atomic mass is 9.91. The highest BCUT2D eigenvalue weighted by Crippen LogP contribution is 2.28. The van der Waals surface area contributed by atoms with Crippen LogP contribution in [0.1, 0.15) is 48.8 Å². The average molecular weight is 348 g/mol. The van der Waals surface area contributed by atoms with Crippen molar-refractivity contribution in [2.24, 2.45) is 5.16 Å². The minimum Gasteiger partial charge on any atom is -0.360 e. The molecule has 0 N–H and O–H groups in total. The lowest BCUT2D eigenvalue weighted by Crippen LogP contribution is -2.14. The van der Waals surface area contributed by atoms with Crippen molar-refractivity contribution in [3.05, 3.63) is 65.0 Å². The predicted octanol–water partition coefficient (Wildman–Crippen LogP) is 4.41. The second-order valence-electron chi connectivity index (χ2n) is 6.45. The number of nitrogens with zero attached hydrogens (tertiary/aromatic N) is 2. The van der Waals surface area contributed by atoms with E-state index in [4.69, 9.17) is 9.36 Å². The Morgan fingerprint density at radius 2 is 2.04 bits per heavy atom. The maximum atomic E-state index is 11.5. The summed E-state index contributed by atoms with van der Waals surface area (Å²) in [6.45, 7) is 1.75. The Hall–Kier alpha value is -2.95. The molecule has 2 aromatic carbocycles. The summed E-state index contributed by atoms with van der Waals surface area (Å²) in [5.41, 5.74) is 3.70. The summed E-state index contributed by atoms with van der Waals surface area (Å²) in [6.07, 6.45) is 3.46. The van der Waals surface area contributed by atoms with Crippen molar-refractivity contribution in [1.82, 2.24) is 5.16 Å². The van der Waals surface area contributed by atoms with E-state index in [1.165, 1.54) is 16.3 Å². The van der Waals surface area contributed by atoms with Crippen LogP contribution in [0.15, 0.2) is 52.1 Å². The summed E-state index contributed by atoms with van der Waals surface area (Å²) >= 11 is 0. The molecule has 0 spiro atoms. The number of fused-ring (bicyclic) bond motifs is 2. The normalized spacial score (nSPS) is 15.2. The molecule has 0 aliphatic heterocycles. The van der Waals surface area contributed by atoms with E-state index in [1.807, 2.05) is 12.1 Å². The molecule has 26 heavy (non-hydrogen) atoms. The second kappa shape index (κ2) is 7.12. The molecule has 5 heteroatoms. The van der Waals surface area contributed by atoms with Crippen LogP contribution in [0.5, 0.6) is 0 Å². The van der Waals surface area contributed by atoms with Crippen molar-refractivity contribution in [2.45, 2.75) is 39.0 Å². The summed E-state index contributed by atoms with van der Waals surface area (Å²) in [7, 11) is 0. The highest BCUT2D eigenvalue weighted by molar-refractivity contribution is 6.03. The van der Waals surface area contributed by atoms with E-state index in [9.17, 15) is 4.79 Å². The first-order valence-electron chi connectivity index (χ1n) is 8.97. The highest BCUT2D eigenvalue weighted by Gasteiger charge is 2.26. The van der Waals surface area contributed by atoms with Crippen molar-refractivity contribution in [3.8, 4) is 0 Å². The number of oxime groups is 1. The number of aryl methyl sites for hydroxylation is 1. The first-order valence-corrected chi connectivity index (χ1v) is 8.97. The van der Waals surface area contributed by atoms with Gasteiger partial charge in [-0.15, -0.1) is 0 Å². The quantitative estimate of drug-likeness (QED) is 0.517. The van der Waals surface area contributed by atoms with Crippen LogP contribution >= 0.6 is 0 Å². The molecule has 5 nitrogen and oxygen atoms in total. The zero-order valence-corrected chi connectivity index (χ0v) is 14.7. The van der Waals surface area contributed by atoms with Gasteiger partial charge in [-0.1, -0.05) is 59.7 Å². The Kier molecular flexibility index (Phi) is 4.52. The highest BCUT2D eigenvalue weighted by atomic mass is 16.7. The van der Waals surface area contributed by atoms with Gasteiger partial charge in [0, 0.05) is 19.3 Å². The molecular formula is C21H20N2O3. The number of hydrogen-bond donors (Lipinski definition) is 0. The third-order valence-electron chi connectivity index (χ3n) is 4.72. The molecule has 0 fully saturated rings. The number of benzene rings is 2. The molecule has 1 aliphatic rings. The first kappa shape index (κ1) is 16.5. The standard InChI is InChI=1S/C21H20N2O3/c1-2-20(24)26-22-17-11-6-12-19-21(17)18(23-25-19)13-15-9-5-8-14-7-3-4-10-16(14)15/h3-5,7-10H,2,6,11-13H2,1H3. The maximum absolute atomic E-state index is 11.5. The number of carbonyl (C=O) groups is 1. The summed E-state index contributed by atoms with van der Waals surface area (Å²) < 4.78 is 5.56. The van der Waals surface area contributed by atoms with Crippen LogP contribution in [0.4, 0.5) is 0 Å². The van der Waals surface area contributed by atoms with E-state index < -0.39 is 0 Å². The molecule has 0 saturated carbocycles. The second-order valence-corrected chi connectivity index (χ2v) is 6.45. The molecule has 132 valence electrons. The van der Waals surface area contributed by atoms with Crippen LogP contribution in [0.25, 0.3) is 10.8 Å². The van der Waals surface area contributed by atoms with Gasteiger partial charge >= 0.3 is 5.97 Å². The molecule has 0 saturated heterocycles. The van der Waals surface area contributed by atoms with E-state index in [0.29, 0.717) is 12.8 Å². The molecule has 1 aromatic heterocycles. The van der Waals surface area contributed by atoms with Crippen LogP contribution in [-0.2, 0) is 22.5 Å². The summed E-state index contributed by atoms with van der Waals surface area (Å²) in [5.74, 6) is 0.495. The Labute approximate surface area is 151 Å². The first-order chi connectivity index (χ1) is 12.8. The Morgan fingerprint density at radius 1 is 1.19 bits per heavy atom. The van der Waals surface area contributed by atoms with Gasteiger partial charge < -0.3 is 9.36 Å². The van der Waals surface area contributed by atoms with Gasteiger partial charge in [0.05, 0.1) is 17.0 Å². The van der Waals surface area contributed by atoms with E-state index in [2.05, 4.69) is 40.6 Å². The molecule has 1 aliphatic carbocycles. The van der Waals surface area contributed by atoms with Gasteiger partial charge in [0.15, 0.2) is 0 Å². The number of carbonyl (C=O) groups excluding carboxylic acids is 1. The van der Waals surface area contributed by atoms with Crippen LogP contribution < -0.4 is 0 Å². The van der Waals surface area contributed by atoms with E-state index in [-0.39, 0.29) is 5.97 Å². The van der Waals surface area contributed by atoms with Crippen LogP contribution in [0.2, 0.25) is 0 Å². The monoisotopic (exact) mass is 348 g/mol. The third-order valence-corrected chi connectivity index (χ3v) is 4.72. The van der Waals surface area contributed by atoms with Gasteiger partial charge in [0.25, 0.3) is 0 Å². The predicted molar refractivity (Wildman–Crippen MR) is 99.1 cm³/mol. The summed E-state index contributed by atoms with van der Waals surface area (Å²) in [5, 5.41) is 10.8. The molecular weight excluding hydrogens is 328 g/mol. The van der Waals surface area contributed by atoms with Gasteiger partial charge in [-0.05, 0) is 29.2 Å². The minimum absolute atomic E-state index is 0.302. The SMILES string of the molecule is CCC(=O)ON=C1CCCc2onc(Cc3cccc4ccccc34)c21. The molecule has 0 unspecified atom stereocenters. The Bertz CT molecular complexity index is 983. The summed E-state index contributed by atoms with van der Waals surface area (Å²) in [6, 6.07) is 14.6. The van der Waals surface area contributed by atoms with Gasteiger partial charge in [0.1, 0.15) is 5.76 Å². The van der Waals surface area contributed by atoms with Gasteiger partial charge in [0.2, 0.25) is 0 Å². The molecule has 3 aromatic rings. The third kappa shape index (κ3) is 3.12. The fourth-order valence-electron chi connectivity index (χ4n) is 3.41. The zero-order valence-electron chi connectivity index (χ0n) is 14.7. The minimum atomic E-state index is -0.336. The van der Waals surface area contributed by atoms with Crippen LogP contribution in [-0.4, -0.2) is 16.8 Å². The van der Waals surface area contributed by atoms with Gasteiger partial charge in [-0.25, -0.2) is 4.79 Å². The van der Waals surface area contributed by atoms with Crippen molar-refractivity contribution < 1.29 is 14.2 Å². The molecule has 0 bridgehead atoms. The summed E-state index contributed by atoms with van der Waals surface area (Å²) in [4.78, 5) is 16.5. The number of rotatable bonds is 4. The lowest BCUT2D eigenvalue weighted by Gasteiger charge is -2.13. The smallest absolute Gasteiger partial charge is 0.334 e. The maximum Gasteiger partial charge on any atom is 0.334 e. The Balaban J connectivity index is 1.70. The van der Waals surface area contributed by atoms with Crippen LogP contribution in [0, 0.1) is 0 Å². The molecule has 1 heterocycles. The lowest BCUT2D eigenvalue weighted by molar-refractivity contribution is -0.143. The molecule has 0 amide bonds. The fourth-order valence-corrected chi connectivity index (χ4v) is 3.41. The van der Waals surface area contributed by atoms with Crippen molar-refractivity contribution in [3.63, 3.8) is 0 Å². The van der Waals surface area contributed by atoms with Crippen molar-refractivity contribution >= 4 is 22.5 Å². The molecule has 4 rings (SSSR count). The van der Waals surface area contributed by atoms with E-state index in [0.717, 1.165) is 42.0 Å². The van der Waals surface area contributed by atoms with E-state index >= 15 is 0 Å².